The Labute approximate surface area is 209 Å². The summed E-state index contributed by atoms with van der Waals surface area (Å²) < 4.78 is 5.36. The molecular formula is C23H39IN6O2. The minimum absolute atomic E-state index is 0. The summed E-state index contributed by atoms with van der Waals surface area (Å²) in [6.07, 6.45) is 4.92. The fraction of sp³-hybridized carbons (Fsp3) is 0.696. The van der Waals surface area contributed by atoms with Crippen molar-refractivity contribution in [1.29, 1.82) is 0 Å². The van der Waals surface area contributed by atoms with Crippen LogP contribution in [0.1, 0.15) is 52.5 Å². The van der Waals surface area contributed by atoms with Crippen LogP contribution in [-0.4, -0.2) is 66.8 Å². The average Bonchev–Trinajstić information content (AvgIpc) is 3.16. The van der Waals surface area contributed by atoms with Gasteiger partial charge in [-0.25, -0.2) is 9.78 Å². The molecule has 2 aliphatic rings. The highest BCUT2D eigenvalue weighted by Gasteiger charge is 2.27. The number of pyridine rings is 1. The van der Waals surface area contributed by atoms with E-state index in [0.29, 0.717) is 13.1 Å². The minimum atomic E-state index is -0.490. The van der Waals surface area contributed by atoms with E-state index in [9.17, 15) is 4.79 Å². The van der Waals surface area contributed by atoms with Crippen molar-refractivity contribution in [3.05, 3.63) is 23.9 Å². The Kier molecular flexibility index (Phi) is 9.84. The molecule has 3 rings (SSSR count). The molecule has 0 aliphatic carbocycles. The summed E-state index contributed by atoms with van der Waals surface area (Å²) in [4.78, 5) is 25.6. The van der Waals surface area contributed by atoms with Gasteiger partial charge in [0.1, 0.15) is 11.4 Å². The highest BCUT2D eigenvalue weighted by atomic mass is 127. The number of alkyl carbamates (subject to hydrolysis) is 1. The van der Waals surface area contributed by atoms with E-state index in [1.165, 1.54) is 12.8 Å². The first kappa shape index (κ1) is 26.5. The van der Waals surface area contributed by atoms with Crippen molar-refractivity contribution in [2.75, 3.05) is 38.1 Å². The molecule has 2 N–H and O–H groups in total. The van der Waals surface area contributed by atoms with Gasteiger partial charge in [0.2, 0.25) is 0 Å². The van der Waals surface area contributed by atoms with Crippen molar-refractivity contribution in [2.24, 2.45) is 10.9 Å². The summed E-state index contributed by atoms with van der Waals surface area (Å²) in [5.41, 5.74) is 0.633. The molecule has 2 aliphatic heterocycles. The van der Waals surface area contributed by atoms with Crippen LogP contribution in [-0.2, 0) is 11.3 Å². The molecule has 180 valence electrons. The number of amides is 1. The number of piperidine rings is 1. The number of hydrogen-bond donors (Lipinski definition) is 2. The van der Waals surface area contributed by atoms with Gasteiger partial charge in [0.25, 0.3) is 0 Å². The number of carbonyl (C=O) groups excluding carboxylic acids is 1. The Hall–Kier alpha value is -1.78. The van der Waals surface area contributed by atoms with Crippen molar-refractivity contribution in [3.8, 4) is 0 Å². The normalized spacial score (nSPS) is 20.0. The van der Waals surface area contributed by atoms with Gasteiger partial charge in [-0.05, 0) is 57.6 Å². The zero-order chi connectivity index (χ0) is 22.4. The molecule has 1 amide bonds. The molecule has 1 unspecified atom stereocenters. The molecule has 1 aromatic rings. The van der Waals surface area contributed by atoms with Crippen LogP contribution in [0.5, 0.6) is 0 Å². The van der Waals surface area contributed by atoms with Gasteiger partial charge in [-0.1, -0.05) is 13.0 Å². The molecule has 0 spiro atoms. The lowest BCUT2D eigenvalue weighted by atomic mass is 9.99. The molecule has 2 fully saturated rings. The van der Waals surface area contributed by atoms with Crippen LogP contribution in [0.2, 0.25) is 0 Å². The summed E-state index contributed by atoms with van der Waals surface area (Å²) in [6, 6.07) is 4.31. The third-order valence-electron chi connectivity index (χ3n) is 5.79. The quantitative estimate of drug-likeness (QED) is 0.334. The van der Waals surface area contributed by atoms with Crippen LogP contribution >= 0.6 is 24.0 Å². The Bertz CT molecular complexity index is 757. The fourth-order valence-electron chi connectivity index (χ4n) is 4.00. The number of aromatic nitrogens is 1. The average molecular weight is 559 g/mol. The topological polar surface area (TPSA) is 82.1 Å². The number of nitrogens with one attached hydrogen (secondary N) is 2. The molecule has 3 heterocycles. The number of hydrogen-bond acceptors (Lipinski definition) is 5. The Morgan fingerprint density at radius 1 is 1.22 bits per heavy atom. The molecule has 0 bridgehead atoms. The van der Waals surface area contributed by atoms with E-state index in [1.54, 1.807) is 7.05 Å². The highest BCUT2D eigenvalue weighted by molar-refractivity contribution is 14.0. The minimum Gasteiger partial charge on any atom is -0.444 e. The maximum Gasteiger partial charge on any atom is 0.407 e. The van der Waals surface area contributed by atoms with Gasteiger partial charge in [0.05, 0.1) is 6.04 Å². The van der Waals surface area contributed by atoms with Crippen LogP contribution in [0.25, 0.3) is 0 Å². The van der Waals surface area contributed by atoms with Gasteiger partial charge in [-0.2, -0.15) is 0 Å². The van der Waals surface area contributed by atoms with E-state index in [0.717, 1.165) is 49.3 Å². The Morgan fingerprint density at radius 2 is 1.94 bits per heavy atom. The van der Waals surface area contributed by atoms with Gasteiger partial charge in [0, 0.05) is 46.0 Å². The molecule has 1 aromatic heterocycles. The summed E-state index contributed by atoms with van der Waals surface area (Å²) in [6.45, 7) is 12.3. The summed E-state index contributed by atoms with van der Waals surface area (Å²) >= 11 is 0. The lowest BCUT2D eigenvalue weighted by molar-refractivity contribution is 0.0507. The monoisotopic (exact) mass is 558 g/mol. The van der Waals surface area contributed by atoms with Crippen molar-refractivity contribution >= 4 is 41.8 Å². The number of aliphatic imine (C=N–C) groups is 1. The summed E-state index contributed by atoms with van der Waals surface area (Å²) in [7, 11) is 1.79. The number of carbonyl (C=O) groups is 1. The van der Waals surface area contributed by atoms with Crippen molar-refractivity contribution in [3.63, 3.8) is 0 Å². The first-order valence-electron chi connectivity index (χ1n) is 11.4. The molecule has 32 heavy (non-hydrogen) atoms. The molecule has 9 heteroatoms. The van der Waals surface area contributed by atoms with E-state index < -0.39 is 5.60 Å². The number of halogens is 1. The predicted octanol–water partition coefficient (Wildman–Crippen LogP) is 3.61. The maximum absolute atomic E-state index is 12.0. The second kappa shape index (κ2) is 11.9. The van der Waals surface area contributed by atoms with Gasteiger partial charge in [-0.15, -0.1) is 24.0 Å². The van der Waals surface area contributed by atoms with Crippen molar-refractivity contribution in [2.45, 2.75) is 65.1 Å². The third kappa shape index (κ3) is 7.97. The molecule has 0 saturated carbocycles. The molecule has 0 radical (unpaired) electrons. The van der Waals surface area contributed by atoms with Crippen LogP contribution in [0.4, 0.5) is 10.6 Å². The third-order valence-corrected chi connectivity index (χ3v) is 5.79. The lowest BCUT2D eigenvalue weighted by Crippen LogP contribution is -2.44. The van der Waals surface area contributed by atoms with Crippen molar-refractivity contribution in [1.82, 2.24) is 20.5 Å². The van der Waals surface area contributed by atoms with E-state index >= 15 is 0 Å². The number of nitrogens with zero attached hydrogens (tertiary/aromatic N) is 4. The van der Waals surface area contributed by atoms with E-state index in [1.807, 2.05) is 27.0 Å². The van der Waals surface area contributed by atoms with Crippen LogP contribution in [0.3, 0.4) is 0 Å². The zero-order valence-corrected chi connectivity index (χ0v) is 22.4. The lowest BCUT2D eigenvalue weighted by Gasteiger charge is -2.31. The van der Waals surface area contributed by atoms with E-state index in [-0.39, 0.29) is 36.1 Å². The molecule has 8 nitrogen and oxygen atoms in total. The number of ether oxygens (including phenoxy) is 1. The first-order chi connectivity index (χ1) is 14.7. The Balaban J connectivity index is 0.00000363. The van der Waals surface area contributed by atoms with Crippen LogP contribution in [0.15, 0.2) is 23.3 Å². The van der Waals surface area contributed by atoms with E-state index in [2.05, 4.69) is 49.5 Å². The SMILES string of the molecule is CN=C(NCc1ccc(N2CCC(C)CC2)nc1)N1CCC(NC(=O)OC(C)(C)C)C1.I. The fourth-order valence-corrected chi connectivity index (χ4v) is 4.00. The smallest absolute Gasteiger partial charge is 0.407 e. The van der Waals surface area contributed by atoms with Gasteiger partial charge >= 0.3 is 6.09 Å². The molecular weight excluding hydrogens is 519 g/mol. The second-order valence-corrected chi connectivity index (χ2v) is 9.67. The first-order valence-corrected chi connectivity index (χ1v) is 11.4. The Morgan fingerprint density at radius 3 is 2.53 bits per heavy atom. The highest BCUT2D eigenvalue weighted by Crippen LogP contribution is 2.21. The second-order valence-electron chi connectivity index (χ2n) is 9.67. The predicted molar refractivity (Wildman–Crippen MR) is 140 cm³/mol. The molecule has 1 atom stereocenters. The molecule has 0 aromatic carbocycles. The van der Waals surface area contributed by atoms with Crippen LogP contribution in [0, 0.1) is 5.92 Å². The van der Waals surface area contributed by atoms with Crippen molar-refractivity contribution < 1.29 is 9.53 Å². The standard InChI is InChI=1S/C23H38N6O2.HI/c1-17-8-11-28(12-9-17)20-7-6-18(14-25-20)15-26-21(24-5)29-13-10-19(16-29)27-22(30)31-23(2,3)4;/h6-7,14,17,19H,8-13,15-16H2,1-5H3,(H,24,26)(H,27,30);1H. The summed E-state index contributed by atoms with van der Waals surface area (Å²) in [5, 5.41) is 6.38. The van der Waals surface area contributed by atoms with Gasteiger partial charge < -0.3 is 25.2 Å². The van der Waals surface area contributed by atoms with Gasteiger partial charge in [-0.3, -0.25) is 4.99 Å². The number of guanidine groups is 1. The maximum atomic E-state index is 12.0. The number of rotatable bonds is 4. The zero-order valence-electron chi connectivity index (χ0n) is 20.1. The number of anilines is 1. The van der Waals surface area contributed by atoms with E-state index in [4.69, 9.17) is 4.74 Å². The largest absolute Gasteiger partial charge is 0.444 e. The van der Waals surface area contributed by atoms with Gasteiger partial charge in [0.15, 0.2) is 5.96 Å². The molecule has 2 saturated heterocycles. The van der Waals surface area contributed by atoms with Crippen LogP contribution < -0.4 is 15.5 Å². The number of likely N-dealkylation sites (tertiary alicyclic amines) is 1. The summed E-state index contributed by atoms with van der Waals surface area (Å²) in [5.74, 6) is 2.72.